The first-order chi connectivity index (χ1) is 15.6. The summed E-state index contributed by atoms with van der Waals surface area (Å²) in [7, 11) is 3.69. The molecule has 2 N–H and O–H groups in total. The second-order valence-electron chi connectivity index (χ2n) is 8.82. The van der Waals surface area contributed by atoms with Gasteiger partial charge >= 0.3 is 0 Å². The molecule has 164 valence electrons. The third kappa shape index (κ3) is 3.23. The van der Waals surface area contributed by atoms with Crippen LogP contribution < -0.4 is 5.32 Å². The van der Waals surface area contributed by atoms with Gasteiger partial charge in [0, 0.05) is 61.5 Å². The van der Waals surface area contributed by atoms with E-state index in [1.54, 1.807) is 11.7 Å². The van der Waals surface area contributed by atoms with Crippen LogP contribution in [-0.2, 0) is 20.1 Å². The monoisotopic (exact) mass is 429 g/mol. The van der Waals surface area contributed by atoms with Gasteiger partial charge in [0.15, 0.2) is 6.35 Å². The van der Waals surface area contributed by atoms with Crippen molar-refractivity contribution >= 4 is 10.8 Å². The molecule has 2 aliphatic rings. The topological polar surface area (TPSA) is 84.0 Å². The molecule has 1 aliphatic carbocycles. The van der Waals surface area contributed by atoms with Crippen molar-refractivity contribution in [2.24, 2.45) is 7.05 Å². The molecule has 1 aromatic carbocycles. The molecule has 1 saturated carbocycles. The van der Waals surface area contributed by atoms with Crippen LogP contribution in [0.1, 0.15) is 30.3 Å². The second-order valence-corrected chi connectivity index (χ2v) is 8.82. The van der Waals surface area contributed by atoms with Gasteiger partial charge in [-0.05, 0) is 31.3 Å². The summed E-state index contributed by atoms with van der Waals surface area (Å²) in [5.74, 6) is 1.76. The fourth-order valence-electron chi connectivity index (χ4n) is 4.76. The Hall–Kier alpha value is -3.07. The predicted molar refractivity (Wildman–Crippen MR) is 123 cm³/mol. The summed E-state index contributed by atoms with van der Waals surface area (Å²) in [6.45, 7) is 2.31. The third-order valence-electron chi connectivity index (χ3n) is 6.63. The van der Waals surface area contributed by atoms with E-state index in [1.807, 2.05) is 25.6 Å². The van der Waals surface area contributed by atoms with E-state index in [9.17, 15) is 5.11 Å². The summed E-state index contributed by atoms with van der Waals surface area (Å²) >= 11 is 0. The number of nitrogens with one attached hydrogen (secondary N) is 1. The van der Waals surface area contributed by atoms with E-state index in [2.05, 4.69) is 44.1 Å². The number of aliphatic hydroxyl groups excluding tert-OH is 1. The van der Waals surface area contributed by atoms with Gasteiger partial charge < -0.3 is 9.67 Å². The van der Waals surface area contributed by atoms with Gasteiger partial charge in [0.25, 0.3) is 0 Å². The van der Waals surface area contributed by atoms with Crippen LogP contribution in [0.5, 0.6) is 0 Å². The highest BCUT2D eigenvalue weighted by atomic mass is 16.3. The number of aromatic nitrogens is 5. The highest BCUT2D eigenvalue weighted by Crippen LogP contribution is 2.43. The molecule has 8 nitrogen and oxygen atoms in total. The van der Waals surface area contributed by atoms with Crippen molar-refractivity contribution < 1.29 is 5.11 Å². The molecular formula is C24H27N7O. The van der Waals surface area contributed by atoms with Crippen LogP contribution in [0.15, 0.2) is 42.9 Å². The third-order valence-corrected chi connectivity index (χ3v) is 6.63. The van der Waals surface area contributed by atoms with E-state index in [0.29, 0.717) is 12.5 Å². The summed E-state index contributed by atoms with van der Waals surface area (Å²) in [4.78, 5) is 12.0. The maximum Gasteiger partial charge on any atom is 0.163 e. The zero-order chi connectivity index (χ0) is 21.8. The van der Waals surface area contributed by atoms with Crippen molar-refractivity contribution in [2.75, 3.05) is 13.6 Å². The minimum Gasteiger partial charge on any atom is -0.365 e. The zero-order valence-electron chi connectivity index (χ0n) is 18.4. The summed E-state index contributed by atoms with van der Waals surface area (Å²) in [5.41, 5.74) is 5.21. The zero-order valence-corrected chi connectivity index (χ0v) is 18.4. The van der Waals surface area contributed by atoms with Crippen LogP contribution in [-0.4, -0.2) is 54.3 Å². The molecule has 1 aliphatic heterocycles. The van der Waals surface area contributed by atoms with E-state index >= 15 is 0 Å². The molecule has 0 amide bonds. The average molecular weight is 430 g/mol. The molecule has 0 radical (unpaired) electrons. The molecule has 8 heteroatoms. The minimum absolute atomic E-state index is 0.563. The molecule has 32 heavy (non-hydrogen) atoms. The fraction of sp³-hybridized carbons (Fsp3) is 0.375. The summed E-state index contributed by atoms with van der Waals surface area (Å²) in [6.07, 6.45) is 7.54. The van der Waals surface area contributed by atoms with Crippen molar-refractivity contribution in [3.05, 3.63) is 54.4 Å². The second kappa shape index (κ2) is 7.51. The number of nitrogens with zero attached hydrogens (tertiary/aromatic N) is 6. The van der Waals surface area contributed by atoms with Crippen molar-refractivity contribution in [3.63, 3.8) is 0 Å². The van der Waals surface area contributed by atoms with E-state index < -0.39 is 6.35 Å². The molecule has 1 unspecified atom stereocenters. The minimum atomic E-state index is -0.660. The van der Waals surface area contributed by atoms with Crippen molar-refractivity contribution in [1.29, 1.82) is 0 Å². The van der Waals surface area contributed by atoms with E-state index in [0.717, 1.165) is 46.4 Å². The van der Waals surface area contributed by atoms with E-state index in [1.165, 1.54) is 24.4 Å². The lowest BCUT2D eigenvalue weighted by Crippen LogP contribution is -2.47. The van der Waals surface area contributed by atoms with Gasteiger partial charge in [-0.15, -0.1) is 0 Å². The van der Waals surface area contributed by atoms with E-state index in [4.69, 9.17) is 9.97 Å². The largest absolute Gasteiger partial charge is 0.365 e. The number of rotatable bonds is 5. The predicted octanol–water partition coefficient (Wildman–Crippen LogP) is 2.69. The molecule has 6 rings (SSSR count). The maximum atomic E-state index is 10.4. The van der Waals surface area contributed by atoms with Gasteiger partial charge in [0.1, 0.15) is 5.82 Å². The number of benzene rings is 1. The molecule has 0 spiro atoms. The molecule has 4 heterocycles. The quantitative estimate of drug-likeness (QED) is 0.475. The first-order valence-corrected chi connectivity index (χ1v) is 11.2. The fourth-order valence-corrected chi connectivity index (χ4v) is 4.76. The SMILES string of the molecule is CNC(O)N1CCn2c(C3CC3)nc(-c3cccc4cc(-c5cnn(C)c5)ncc34)c2C1. The van der Waals surface area contributed by atoms with Gasteiger partial charge in [-0.25, -0.2) is 4.98 Å². The number of imidazole rings is 1. The molecule has 0 saturated heterocycles. The van der Waals surface area contributed by atoms with Crippen molar-refractivity contribution in [1.82, 2.24) is 34.5 Å². The lowest BCUT2D eigenvalue weighted by atomic mass is 10.0. The van der Waals surface area contributed by atoms with Crippen LogP contribution >= 0.6 is 0 Å². The number of fused-ring (bicyclic) bond motifs is 2. The number of pyridine rings is 1. The standard InChI is InChI=1S/C24H27N7O/c1-25-24(32)30-8-9-31-21(14-30)22(28-23(31)15-6-7-15)18-5-3-4-16-10-20(26-12-19(16)18)17-11-27-29(2)13-17/h3-5,10-13,15,24-25,32H,6-9,14H2,1-2H3. The molecule has 0 bridgehead atoms. The highest BCUT2D eigenvalue weighted by Gasteiger charge is 2.34. The highest BCUT2D eigenvalue weighted by molar-refractivity contribution is 5.97. The van der Waals surface area contributed by atoms with Crippen LogP contribution in [0.4, 0.5) is 0 Å². The van der Waals surface area contributed by atoms with Crippen molar-refractivity contribution in [2.45, 2.75) is 38.2 Å². The number of aliphatic hydroxyl groups is 1. The lowest BCUT2D eigenvalue weighted by Gasteiger charge is -2.32. The Morgan fingerprint density at radius 2 is 2.06 bits per heavy atom. The summed E-state index contributed by atoms with van der Waals surface area (Å²) in [5, 5.41) is 19.8. The molecule has 3 aromatic heterocycles. The van der Waals surface area contributed by atoms with Gasteiger partial charge in [-0.3, -0.25) is 19.9 Å². The molecular weight excluding hydrogens is 402 g/mol. The summed E-state index contributed by atoms with van der Waals surface area (Å²) < 4.78 is 4.18. The van der Waals surface area contributed by atoms with E-state index in [-0.39, 0.29) is 0 Å². The first-order valence-electron chi connectivity index (χ1n) is 11.2. The Balaban J connectivity index is 1.47. The number of hydrogen-bond acceptors (Lipinski definition) is 6. The molecule has 1 fully saturated rings. The Morgan fingerprint density at radius 1 is 1.19 bits per heavy atom. The maximum absolute atomic E-state index is 10.4. The Morgan fingerprint density at radius 3 is 2.81 bits per heavy atom. The molecule has 4 aromatic rings. The Labute approximate surface area is 186 Å². The van der Waals surface area contributed by atoms with Crippen molar-refractivity contribution in [3.8, 4) is 22.5 Å². The number of aryl methyl sites for hydroxylation is 1. The van der Waals surface area contributed by atoms with Crippen LogP contribution in [0, 0.1) is 0 Å². The Bertz CT molecular complexity index is 1300. The average Bonchev–Trinajstić information content (AvgIpc) is 3.47. The Kier molecular flexibility index (Phi) is 4.60. The van der Waals surface area contributed by atoms with Crippen LogP contribution in [0.25, 0.3) is 33.3 Å². The first kappa shape index (κ1) is 19.6. The van der Waals surface area contributed by atoms with Gasteiger partial charge in [0.2, 0.25) is 0 Å². The smallest absolute Gasteiger partial charge is 0.163 e. The van der Waals surface area contributed by atoms with Gasteiger partial charge in [-0.2, -0.15) is 5.10 Å². The van der Waals surface area contributed by atoms with Gasteiger partial charge in [-0.1, -0.05) is 18.2 Å². The lowest BCUT2D eigenvalue weighted by molar-refractivity contribution is -0.0321. The van der Waals surface area contributed by atoms with Crippen LogP contribution in [0.2, 0.25) is 0 Å². The summed E-state index contributed by atoms with van der Waals surface area (Å²) in [6, 6.07) is 8.48. The normalized spacial score (nSPS) is 17.6. The van der Waals surface area contributed by atoms with Gasteiger partial charge in [0.05, 0.1) is 23.3 Å². The van der Waals surface area contributed by atoms with Crippen LogP contribution in [0.3, 0.4) is 0 Å². The number of hydrogen-bond donors (Lipinski definition) is 2. The molecule has 1 atom stereocenters.